The van der Waals surface area contributed by atoms with Gasteiger partial charge in [0.1, 0.15) is 6.61 Å². The van der Waals surface area contributed by atoms with Crippen molar-refractivity contribution in [2.75, 3.05) is 53.0 Å². The van der Waals surface area contributed by atoms with E-state index in [0.717, 1.165) is 40.8 Å². The first-order valence-electron chi connectivity index (χ1n) is 15.1. The van der Waals surface area contributed by atoms with Crippen molar-refractivity contribution in [3.63, 3.8) is 0 Å². The van der Waals surface area contributed by atoms with Gasteiger partial charge in [-0.15, -0.1) is 0 Å². The van der Waals surface area contributed by atoms with Crippen molar-refractivity contribution in [3.05, 3.63) is 88.6 Å². The van der Waals surface area contributed by atoms with E-state index in [1.807, 2.05) is 44.3 Å². The zero-order valence-corrected chi connectivity index (χ0v) is 26.1. The highest BCUT2D eigenvalue weighted by Crippen LogP contribution is 2.42. The number of fused-ring (bicyclic) bond motifs is 2. The van der Waals surface area contributed by atoms with Crippen LogP contribution < -0.4 is 11.1 Å². The molecule has 0 radical (unpaired) electrons. The molecule has 2 amide bonds. The Morgan fingerprint density at radius 1 is 1.25 bits per heavy atom. The van der Waals surface area contributed by atoms with Crippen LogP contribution in [0.4, 0.5) is 4.79 Å². The highest BCUT2D eigenvalue weighted by molar-refractivity contribution is 6.30. The SMILES string of the molecule is C=CN(C)/C(=C\N)[C@H](NC(=O)COCC)C1=Cc2cccnc2[C@@H](N2CCN(C(=O)OCC3CC3)CC2)c2ccc(Cl)cc21. The van der Waals surface area contributed by atoms with E-state index in [9.17, 15) is 9.59 Å². The molecule has 1 aliphatic heterocycles. The van der Waals surface area contributed by atoms with Crippen molar-refractivity contribution in [3.8, 4) is 0 Å². The zero-order chi connectivity index (χ0) is 31.2. The third kappa shape index (κ3) is 7.09. The third-order valence-electron chi connectivity index (χ3n) is 8.34. The lowest BCUT2D eigenvalue weighted by Gasteiger charge is -2.39. The third-order valence-corrected chi connectivity index (χ3v) is 8.58. The number of nitrogens with zero attached hydrogens (tertiary/aromatic N) is 4. The Morgan fingerprint density at radius 2 is 2.02 bits per heavy atom. The molecular weight excluding hydrogens is 580 g/mol. The number of amides is 2. The summed E-state index contributed by atoms with van der Waals surface area (Å²) in [4.78, 5) is 36.6. The van der Waals surface area contributed by atoms with Gasteiger partial charge in [-0.05, 0) is 78.4 Å². The van der Waals surface area contributed by atoms with Gasteiger partial charge in [-0.2, -0.15) is 0 Å². The van der Waals surface area contributed by atoms with Crippen molar-refractivity contribution in [2.24, 2.45) is 11.7 Å². The van der Waals surface area contributed by atoms with E-state index < -0.39 is 6.04 Å². The molecule has 2 fully saturated rings. The molecule has 1 aromatic carbocycles. The number of benzene rings is 1. The number of carbonyl (C=O) groups is 2. The molecular formula is C33H41ClN6O4. The summed E-state index contributed by atoms with van der Waals surface area (Å²) in [7, 11) is 1.83. The second-order valence-corrected chi connectivity index (χ2v) is 11.7. The van der Waals surface area contributed by atoms with Gasteiger partial charge in [0.2, 0.25) is 5.91 Å². The summed E-state index contributed by atoms with van der Waals surface area (Å²) < 4.78 is 11.0. The minimum atomic E-state index is -0.655. The summed E-state index contributed by atoms with van der Waals surface area (Å²) in [5.41, 5.74) is 11.3. The Kier molecular flexibility index (Phi) is 10.2. The molecule has 44 heavy (non-hydrogen) atoms. The summed E-state index contributed by atoms with van der Waals surface area (Å²) in [6.45, 7) is 8.95. The van der Waals surface area contributed by atoms with Crippen LogP contribution in [0.2, 0.25) is 5.02 Å². The molecule has 5 rings (SSSR count). The van der Waals surface area contributed by atoms with Crippen LogP contribution in [0.15, 0.2) is 61.2 Å². The second kappa shape index (κ2) is 14.3. The van der Waals surface area contributed by atoms with Crippen LogP contribution in [-0.2, 0) is 14.3 Å². The molecule has 10 nitrogen and oxygen atoms in total. The van der Waals surface area contributed by atoms with Crippen LogP contribution in [0.25, 0.3) is 11.6 Å². The first kappa shape index (κ1) is 31.6. The molecule has 2 aromatic rings. The van der Waals surface area contributed by atoms with E-state index in [0.29, 0.717) is 56.0 Å². The largest absolute Gasteiger partial charge is 0.449 e. The fraction of sp³-hybridized carbons (Fsp3) is 0.424. The fourth-order valence-electron chi connectivity index (χ4n) is 5.76. The molecule has 2 heterocycles. The van der Waals surface area contributed by atoms with Crippen LogP contribution in [-0.4, -0.2) is 90.8 Å². The first-order valence-corrected chi connectivity index (χ1v) is 15.5. The maximum absolute atomic E-state index is 13.1. The number of hydrogen-bond donors (Lipinski definition) is 2. The molecule has 1 saturated heterocycles. The Bertz CT molecular complexity index is 1430. The fourth-order valence-corrected chi connectivity index (χ4v) is 5.93. The summed E-state index contributed by atoms with van der Waals surface area (Å²) in [5.74, 6) is 0.238. The predicted octanol–water partition coefficient (Wildman–Crippen LogP) is 4.24. The molecule has 1 aromatic heterocycles. The number of nitrogens with one attached hydrogen (secondary N) is 1. The predicted molar refractivity (Wildman–Crippen MR) is 171 cm³/mol. The van der Waals surface area contributed by atoms with Gasteiger partial charge in [-0.3, -0.25) is 14.7 Å². The maximum atomic E-state index is 13.1. The molecule has 234 valence electrons. The lowest BCUT2D eigenvalue weighted by molar-refractivity contribution is -0.125. The van der Waals surface area contributed by atoms with E-state index in [-0.39, 0.29) is 24.6 Å². The van der Waals surface area contributed by atoms with Crippen molar-refractivity contribution in [1.29, 1.82) is 0 Å². The minimum Gasteiger partial charge on any atom is -0.449 e. The molecule has 11 heteroatoms. The van der Waals surface area contributed by atoms with Gasteiger partial charge in [-0.1, -0.05) is 30.3 Å². The van der Waals surface area contributed by atoms with Crippen LogP contribution >= 0.6 is 11.6 Å². The summed E-state index contributed by atoms with van der Waals surface area (Å²) in [5, 5.41) is 3.70. The Balaban J connectivity index is 1.54. The number of carbonyl (C=O) groups excluding carboxylic acids is 2. The lowest BCUT2D eigenvalue weighted by atomic mass is 9.89. The van der Waals surface area contributed by atoms with E-state index >= 15 is 0 Å². The standard InChI is InChI=1S/C33H41ClN6O4/c1-4-38(3)28(19-35)31(37-29(41)21-43-5-2)27-17-23-7-6-12-36-30(23)32(25-11-10-24(34)18-26(25)27)39-13-15-40(16-14-39)33(42)44-20-22-8-9-22/h4,6-7,10-12,17-19,22,31-32H,1,5,8-9,13-16,20-21,35H2,2-3H3,(H,37,41)/b28-19-/t31-,32+/m1/s1. The summed E-state index contributed by atoms with van der Waals surface area (Å²) >= 11 is 6.64. The normalized spacial score (nSPS) is 19.2. The first-order chi connectivity index (χ1) is 21.3. The quantitative estimate of drug-likeness (QED) is 0.384. The average molecular weight is 621 g/mol. The van der Waals surface area contributed by atoms with E-state index in [2.05, 4.69) is 22.9 Å². The van der Waals surface area contributed by atoms with E-state index in [1.54, 1.807) is 22.2 Å². The van der Waals surface area contributed by atoms with Crippen molar-refractivity contribution in [1.82, 2.24) is 25.0 Å². The number of nitrogens with two attached hydrogens (primary N) is 1. The molecule has 3 aliphatic rings. The van der Waals surface area contributed by atoms with E-state index in [1.165, 1.54) is 6.20 Å². The molecule has 2 atom stereocenters. The van der Waals surface area contributed by atoms with Gasteiger partial charge in [0, 0.05) is 57.3 Å². The Hall–Kier alpha value is -3.86. The van der Waals surface area contributed by atoms with Crippen LogP contribution in [0.5, 0.6) is 0 Å². The number of ether oxygens (including phenoxy) is 2. The highest BCUT2D eigenvalue weighted by Gasteiger charge is 2.36. The van der Waals surface area contributed by atoms with E-state index in [4.69, 9.17) is 31.8 Å². The Morgan fingerprint density at radius 3 is 2.70 bits per heavy atom. The molecule has 1 saturated carbocycles. The van der Waals surface area contributed by atoms with Crippen LogP contribution in [0.1, 0.15) is 48.2 Å². The van der Waals surface area contributed by atoms with Gasteiger partial charge >= 0.3 is 6.09 Å². The molecule has 3 N–H and O–H groups in total. The van der Waals surface area contributed by atoms with Crippen molar-refractivity contribution < 1.29 is 19.1 Å². The number of aromatic nitrogens is 1. The molecule has 0 bridgehead atoms. The van der Waals surface area contributed by atoms with Crippen LogP contribution in [0, 0.1) is 5.92 Å². The maximum Gasteiger partial charge on any atom is 0.409 e. The number of piperazine rings is 1. The Labute approximate surface area is 264 Å². The topological polar surface area (TPSA) is 113 Å². The van der Waals surface area contributed by atoms with Crippen molar-refractivity contribution in [2.45, 2.75) is 31.8 Å². The summed E-state index contributed by atoms with van der Waals surface area (Å²) in [6, 6.07) is 8.88. The molecule has 0 unspecified atom stereocenters. The summed E-state index contributed by atoms with van der Waals surface area (Å²) in [6.07, 6.45) is 9.00. The highest BCUT2D eigenvalue weighted by atomic mass is 35.5. The second-order valence-electron chi connectivity index (χ2n) is 11.3. The molecule has 2 aliphatic carbocycles. The van der Waals surface area contributed by atoms with Gasteiger partial charge in [0.15, 0.2) is 0 Å². The van der Waals surface area contributed by atoms with Gasteiger partial charge in [-0.25, -0.2) is 4.79 Å². The molecule has 0 spiro atoms. The number of hydrogen-bond acceptors (Lipinski definition) is 8. The number of halogens is 1. The van der Waals surface area contributed by atoms with Gasteiger partial charge in [0.05, 0.1) is 30.1 Å². The number of rotatable bonds is 11. The van der Waals surface area contributed by atoms with Gasteiger partial charge < -0.3 is 30.3 Å². The smallest absolute Gasteiger partial charge is 0.409 e. The number of likely N-dealkylation sites (N-methyl/N-ethyl adjacent to an activating group) is 1. The van der Waals surface area contributed by atoms with Gasteiger partial charge in [0.25, 0.3) is 0 Å². The zero-order valence-electron chi connectivity index (χ0n) is 25.4. The monoisotopic (exact) mass is 620 g/mol. The van der Waals surface area contributed by atoms with Crippen LogP contribution in [0.3, 0.4) is 0 Å². The average Bonchev–Trinajstić information content (AvgIpc) is 3.88. The number of pyridine rings is 1. The lowest BCUT2D eigenvalue weighted by Crippen LogP contribution is -2.50. The van der Waals surface area contributed by atoms with Crippen molar-refractivity contribution >= 4 is 35.3 Å². The minimum absolute atomic E-state index is 0.0908.